The molecule has 0 aliphatic heterocycles. The Morgan fingerprint density at radius 2 is 1.63 bits per heavy atom. The van der Waals surface area contributed by atoms with Crippen molar-refractivity contribution in [2.24, 2.45) is 0 Å². The fraction of sp³-hybridized carbons (Fsp3) is 0.409. The zero-order valence-corrected chi connectivity index (χ0v) is 16.5. The molecule has 0 unspecified atom stereocenters. The molecule has 0 spiro atoms. The Hall–Kier alpha value is -2.69. The first-order chi connectivity index (χ1) is 13.0. The van der Waals surface area contributed by atoms with Crippen LogP contribution in [0, 0.1) is 0 Å². The lowest BCUT2D eigenvalue weighted by atomic mass is 9.72. The average molecular weight is 372 g/mol. The van der Waals surface area contributed by atoms with Gasteiger partial charge in [-0.25, -0.2) is 0 Å². The van der Waals surface area contributed by atoms with E-state index >= 15 is 0 Å². The van der Waals surface area contributed by atoms with E-state index in [1.807, 2.05) is 36.4 Å². The second-order valence-corrected chi connectivity index (χ2v) is 6.53. The smallest absolute Gasteiger partial charge is 0.314 e. The lowest BCUT2D eigenvalue weighted by Crippen LogP contribution is -2.38. The van der Waals surface area contributed by atoms with E-state index in [1.165, 1.54) is 0 Å². The van der Waals surface area contributed by atoms with E-state index in [4.69, 9.17) is 14.2 Å². The monoisotopic (exact) mass is 372 g/mol. The fourth-order valence-electron chi connectivity index (χ4n) is 3.50. The van der Waals surface area contributed by atoms with Gasteiger partial charge >= 0.3 is 5.97 Å². The maximum Gasteiger partial charge on any atom is 0.314 e. The molecule has 0 aliphatic carbocycles. The van der Waals surface area contributed by atoms with Crippen molar-refractivity contribution in [3.05, 3.63) is 53.6 Å². The maximum atomic E-state index is 12.5. The minimum atomic E-state index is -1.04. The summed E-state index contributed by atoms with van der Waals surface area (Å²) in [4.78, 5) is 12.5. The predicted octanol–water partition coefficient (Wildman–Crippen LogP) is 4.47. The SMILES string of the molecule is CCCC[C@](Cc1ccc(OC)c(OC)c1OC)(C(=O)O)c1ccccc1. The quantitative estimate of drug-likeness (QED) is 0.667. The van der Waals surface area contributed by atoms with Crippen LogP contribution in [0.2, 0.25) is 0 Å². The third-order valence-electron chi connectivity index (χ3n) is 4.97. The van der Waals surface area contributed by atoms with Crippen LogP contribution in [0.25, 0.3) is 0 Å². The molecule has 2 aromatic carbocycles. The minimum absolute atomic E-state index is 0.301. The number of benzene rings is 2. The number of hydrogen-bond donors (Lipinski definition) is 1. The Balaban J connectivity index is 2.61. The Kier molecular flexibility index (Phi) is 7.11. The van der Waals surface area contributed by atoms with Gasteiger partial charge < -0.3 is 19.3 Å². The summed E-state index contributed by atoms with van der Waals surface area (Å²) in [6.45, 7) is 2.06. The third kappa shape index (κ3) is 4.18. The van der Waals surface area contributed by atoms with Crippen molar-refractivity contribution in [1.29, 1.82) is 0 Å². The zero-order chi connectivity index (χ0) is 19.9. The lowest BCUT2D eigenvalue weighted by Gasteiger charge is -2.31. The van der Waals surface area contributed by atoms with Gasteiger partial charge in [-0.3, -0.25) is 4.79 Å². The number of ether oxygens (including phenoxy) is 3. The Morgan fingerprint density at radius 3 is 2.15 bits per heavy atom. The van der Waals surface area contributed by atoms with Crippen molar-refractivity contribution in [1.82, 2.24) is 0 Å². The van der Waals surface area contributed by atoms with Gasteiger partial charge in [0.15, 0.2) is 11.5 Å². The molecule has 0 saturated heterocycles. The highest BCUT2D eigenvalue weighted by Crippen LogP contribution is 2.43. The second-order valence-electron chi connectivity index (χ2n) is 6.53. The molecule has 0 aromatic heterocycles. The second kappa shape index (κ2) is 9.31. The van der Waals surface area contributed by atoms with E-state index in [9.17, 15) is 9.90 Å². The van der Waals surface area contributed by atoms with Gasteiger partial charge in [-0.1, -0.05) is 56.2 Å². The average Bonchev–Trinajstić information content (AvgIpc) is 2.70. The van der Waals surface area contributed by atoms with Gasteiger partial charge in [0.05, 0.1) is 26.7 Å². The van der Waals surface area contributed by atoms with Crippen LogP contribution in [0.5, 0.6) is 17.2 Å². The summed E-state index contributed by atoms with van der Waals surface area (Å²) in [7, 11) is 4.66. The van der Waals surface area contributed by atoms with Crippen LogP contribution in [-0.2, 0) is 16.6 Å². The molecular formula is C22H28O5. The number of unbranched alkanes of at least 4 members (excludes halogenated alkanes) is 1. The summed E-state index contributed by atoms with van der Waals surface area (Å²) in [6.07, 6.45) is 2.58. The van der Waals surface area contributed by atoms with Gasteiger partial charge in [0.25, 0.3) is 0 Å². The first kappa shape index (κ1) is 20.6. The Bertz CT molecular complexity index is 757. The summed E-state index contributed by atoms with van der Waals surface area (Å²) >= 11 is 0. The van der Waals surface area contributed by atoms with Crippen LogP contribution < -0.4 is 14.2 Å². The summed E-state index contributed by atoms with van der Waals surface area (Å²) in [6, 6.07) is 13.1. The Labute approximate surface area is 160 Å². The molecule has 1 N–H and O–H groups in total. The van der Waals surface area contributed by atoms with Crippen LogP contribution in [-0.4, -0.2) is 32.4 Å². The van der Waals surface area contributed by atoms with Crippen molar-refractivity contribution >= 4 is 5.97 Å². The largest absolute Gasteiger partial charge is 0.493 e. The topological polar surface area (TPSA) is 65.0 Å². The fourth-order valence-corrected chi connectivity index (χ4v) is 3.50. The van der Waals surface area contributed by atoms with Crippen molar-refractivity contribution in [2.45, 2.75) is 38.0 Å². The molecule has 0 saturated carbocycles. The van der Waals surface area contributed by atoms with Crippen LogP contribution in [0.1, 0.15) is 37.3 Å². The van der Waals surface area contributed by atoms with E-state index in [1.54, 1.807) is 27.4 Å². The summed E-state index contributed by atoms with van der Waals surface area (Å²) in [5.41, 5.74) is 0.532. The lowest BCUT2D eigenvalue weighted by molar-refractivity contribution is -0.144. The molecule has 1 atom stereocenters. The summed E-state index contributed by atoms with van der Waals surface area (Å²) < 4.78 is 16.4. The predicted molar refractivity (Wildman–Crippen MR) is 105 cm³/mol. The number of hydrogen-bond acceptors (Lipinski definition) is 4. The van der Waals surface area contributed by atoms with Crippen LogP contribution in [0.15, 0.2) is 42.5 Å². The normalized spacial score (nSPS) is 12.9. The molecule has 27 heavy (non-hydrogen) atoms. The molecule has 2 rings (SSSR count). The van der Waals surface area contributed by atoms with E-state index < -0.39 is 11.4 Å². The van der Waals surface area contributed by atoms with E-state index in [0.717, 1.165) is 24.0 Å². The highest BCUT2D eigenvalue weighted by atomic mass is 16.5. The standard InChI is InChI=1S/C22H28O5/c1-5-6-14-22(21(23)24,17-10-8-7-9-11-17)15-16-12-13-18(25-2)20(27-4)19(16)26-3/h7-13H,5-6,14-15H2,1-4H3,(H,23,24)/t22-/m1/s1. The van der Waals surface area contributed by atoms with Crippen LogP contribution in [0.3, 0.4) is 0 Å². The van der Waals surface area contributed by atoms with E-state index in [-0.39, 0.29) is 0 Å². The molecule has 5 heteroatoms. The Morgan fingerprint density at radius 1 is 0.963 bits per heavy atom. The first-order valence-corrected chi connectivity index (χ1v) is 9.10. The molecule has 0 fully saturated rings. The highest BCUT2D eigenvalue weighted by molar-refractivity contribution is 5.82. The maximum absolute atomic E-state index is 12.5. The molecule has 0 heterocycles. The minimum Gasteiger partial charge on any atom is -0.493 e. The van der Waals surface area contributed by atoms with Crippen molar-refractivity contribution in [2.75, 3.05) is 21.3 Å². The number of rotatable bonds is 10. The molecule has 146 valence electrons. The highest BCUT2D eigenvalue weighted by Gasteiger charge is 2.41. The zero-order valence-electron chi connectivity index (χ0n) is 16.5. The molecule has 0 aliphatic rings. The van der Waals surface area contributed by atoms with Gasteiger partial charge in [0.1, 0.15) is 0 Å². The molecule has 0 amide bonds. The number of aliphatic carboxylic acids is 1. The third-order valence-corrected chi connectivity index (χ3v) is 4.97. The molecular weight excluding hydrogens is 344 g/mol. The molecule has 5 nitrogen and oxygen atoms in total. The number of carboxylic acid groups (broad SMARTS) is 1. The van der Waals surface area contributed by atoms with Gasteiger partial charge in [-0.15, -0.1) is 0 Å². The van der Waals surface area contributed by atoms with Gasteiger partial charge in [-0.05, 0) is 30.0 Å². The van der Waals surface area contributed by atoms with Crippen LogP contribution in [0.4, 0.5) is 0 Å². The van der Waals surface area contributed by atoms with Crippen LogP contribution >= 0.6 is 0 Å². The molecule has 0 bridgehead atoms. The molecule has 2 aromatic rings. The van der Waals surface area contributed by atoms with Crippen molar-refractivity contribution < 1.29 is 24.1 Å². The van der Waals surface area contributed by atoms with Crippen molar-refractivity contribution in [3.63, 3.8) is 0 Å². The first-order valence-electron chi connectivity index (χ1n) is 9.10. The summed E-state index contributed by atoms with van der Waals surface area (Å²) in [5.74, 6) is 0.696. The van der Waals surface area contributed by atoms with E-state index in [2.05, 4.69) is 6.92 Å². The number of carboxylic acids is 1. The van der Waals surface area contributed by atoms with Crippen molar-refractivity contribution in [3.8, 4) is 17.2 Å². The van der Waals surface area contributed by atoms with Gasteiger partial charge in [0, 0.05) is 0 Å². The summed E-state index contributed by atoms with van der Waals surface area (Å²) in [5, 5.41) is 10.3. The van der Waals surface area contributed by atoms with E-state index in [0.29, 0.717) is 30.1 Å². The molecule has 0 radical (unpaired) electrons. The van der Waals surface area contributed by atoms with Gasteiger partial charge in [-0.2, -0.15) is 0 Å². The number of methoxy groups -OCH3 is 3. The number of carbonyl (C=O) groups is 1. The van der Waals surface area contributed by atoms with Gasteiger partial charge in [0.2, 0.25) is 5.75 Å².